The van der Waals surface area contributed by atoms with Crippen molar-refractivity contribution in [2.24, 2.45) is 7.05 Å². The molecular formula is C25H30N6O2. The predicted molar refractivity (Wildman–Crippen MR) is 127 cm³/mol. The van der Waals surface area contributed by atoms with Crippen LogP contribution in [0.2, 0.25) is 0 Å². The Labute approximate surface area is 194 Å². The minimum Gasteiger partial charge on any atom is -0.496 e. The van der Waals surface area contributed by atoms with Gasteiger partial charge in [0.2, 0.25) is 5.88 Å². The third-order valence-corrected chi connectivity index (χ3v) is 5.76. The van der Waals surface area contributed by atoms with Crippen molar-refractivity contribution in [3.63, 3.8) is 0 Å². The SMILES string of the molecule is COc1cc(C)c(Cc2nc(-c3ccc(-n4cnc(C)c4)c(OC)n3)nn2C)cc1C(C)C. The largest absolute Gasteiger partial charge is 0.496 e. The Hall–Kier alpha value is -3.68. The zero-order chi connectivity index (χ0) is 23.7. The number of pyridine rings is 1. The molecule has 4 rings (SSSR count). The van der Waals surface area contributed by atoms with E-state index in [0.29, 0.717) is 29.7 Å². The lowest BCUT2D eigenvalue weighted by molar-refractivity contribution is 0.396. The Balaban J connectivity index is 1.66. The number of aromatic nitrogens is 6. The van der Waals surface area contributed by atoms with Gasteiger partial charge in [0, 0.05) is 19.7 Å². The molecule has 0 aliphatic rings. The van der Waals surface area contributed by atoms with Gasteiger partial charge in [-0.05, 0) is 54.7 Å². The molecule has 0 saturated carbocycles. The number of hydrogen-bond donors (Lipinski definition) is 0. The third kappa shape index (κ3) is 4.46. The van der Waals surface area contributed by atoms with E-state index in [1.807, 2.05) is 41.5 Å². The third-order valence-electron chi connectivity index (χ3n) is 5.76. The average molecular weight is 447 g/mol. The van der Waals surface area contributed by atoms with Crippen LogP contribution in [0, 0.1) is 13.8 Å². The Morgan fingerprint density at radius 2 is 1.82 bits per heavy atom. The second-order valence-electron chi connectivity index (χ2n) is 8.47. The van der Waals surface area contributed by atoms with Crippen molar-refractivity contribution in [3.8, 4) is 28.8 Å². The van der Waals surface area contributed by atoms with Gasteiger partial charge in [-0.3, -0.25) is 4.68 Å². The highest BCUT2D eigenvalue weighted by Gasteiger charge is 2.17. The summed E-state index contributed by atoms with van der Waals surface area (Å²) in [6, 6.07) is 8.17. The van der Waals surface area contributed by atoms with Crippen LogP contribution in [0.4, 0.5) is 0 Å². The highest BCUT2D eigenvalue weighted by Crippen LogP contribution is 2.31. The van der Waals surface area contributed by atoms with Crippen molar-refractivity contribution in [2.75, 3.05) is 14.2 Å². The number of rotatable bonds is 7. The smallest absolute Gasteiger partial charge is 0.238 e. The summed E-state index contributed by atoms with van der Waals surface area (Å²) >= 11 is 0. The fourth-order valence-electron chi connectivity index (χ4n) is 3.87. The van der Waals surface area contributed by atoms with Crippen molar-refractivity contribution in [1.82, 2.24) is 29.3 Å². The van der Waals surface area contributed by atoms with Crippen LogP contribution in [0.5, 0.6) is 11.6 Å². The average Bonchev–Trinajstić information content (AvgIpc) is 3.39. The molecule has 0 radical (unpaired) electrons. The van der Waals surface area contributed by atoms with Gasteiger partial charge in [-0.25, -0.2) is 15.0 Å². The number of methoxy groups -OCH3 is 2. The molecule has 8 nitrogen and oxygen atoms in total. The first-order valence-corrected chi connectivity index (χ1v) is 10.9. The summed E-state index contributed by atoms with van der Waals surface area (Å²) in [7, 11) is 5.24. The molecule has 3 aromatic heterocycles. The maximum Gasteiger partial charge on any atom is 0.238 e. The predicted octanol–water partition coefficient (Wildman–Crippen LogP) is 4.41. The zero-order valence-electron chi connectivity index (χ0n) is 20.2. The van der Waals surface area contributed by atoms with Gasteiger partial charge in [-0.1, -0.05) is 19.9 Å². The van der Waals surface area contributed by atoms with Gasteiger partial charge in [0.05, 0.1) is 26.2 Å². The number of nitrogens with zero attached hydrogens (tertiary/aromatic N) is 6. The lowest BCUT2D eigenvalue weighted by Gasteiger charge is -2.16. The summed E-state index contributed by atoms with van der Waals surface area (Å²) < 4.78 is 14.8. The van der Waals surface area contributed by atoms with Crippen LogP contribution in [-0.4, -0.2) is 43.5 Å². The number of ether oxygens (including phenoxy) is 2. The minimum absolute atomic E-state index is 0.365. The van der Waals surface area contributed by atoms with E-state index < -0.39 is 0 Å². The van der Waals surface area contributed by atoms with E-state index in [0.717, 1.165) is 23.0 Å². The standard InChI is InChI=1S/C25H30N6O2/c1-15(2)19-11-18(16(3)10-22(19)32-6)12-23-28-24(29-30(23)5)20-8-9-21(25(27-20)33-7)31-13-17(4)26-14-31/h8-11,13-15H,12H2,1-7H3. The van der Waals surface area contributed by atoms with Gasteiger partial charge in [0.15, 0.2) is 5.82 Å². The van der Waals surface area contributed by atoms with Crippen LogP contribution in [0.1, 0.15) is 48.0 Å². The highest BCUT2D eigenvalue weighted by molar-refractivity contribution is 5.55. The summed E-state index contributed by atoms with van der Waals surface area (Å²) in [5.74, 6) is 3.21. The maximum absolute atomic E-state index is 5.58. The maximum atomic E-state index is 5.58. The van der Waals surface area contributed by atoms with Crippen LogP contribution >= 0.6 is 0 Å². The van der Waals surface area contributed by atoms with Gasteiger partial charge < -0.3 is 14.0 Å². The topological polar surface area (TPSA) is 79.9 Å². The number of imidazole rings is 1. The van der Waals surface area contributed by atoms with Gasteiger partial charge in [0.25, 0.3) is 0 Å². The van der Waals surface area contributed by atoms with Crippen LogP contribution in [0.3, 0.4) is 0 Å². The molecule has 0 N–H and O–H groups in total. The van der Waals surface area contributed by atoms with E-state index in [4.69, 9.17) is 14.5 Å². The Kier molecular flexibility index (Phi) is 6.18. The van der Waals surface area contributed by atoms with E-state index in [-0.39, 0.29) is 0 Å². The van der Waals surface area contributed by atoms with E-state index in [9.17, 15) is 0 Å². The van der Waals surface area contributed by atoms with E-state index in [2.05, 4.69) is 48.0 Å². The number of hydrogen-bond acceptors (Lipinski definition) is 6. The number of aryl methyl sites for hydroxylation is 3. The Bertz CT molecular complexity index is 1290. The van der Waals surface area contributed by atoms with E-state index in [1.54, 1.807) is 20.5 Å². The molecule has 0 amide bonds. The minimum atomic E-state index is 0.365. The second kappa shape index (κ2) is 9.05. The van der Waals surface area contributed by atoms with Crippen molar-refractivity contribution in [1.29, 1.82) is 0 Å². The van der Waals surface area contributed by atoms with Gasteiger partial charge in [0.1, 0.15) is 23.0 Å². The van der Waals surface area contributed by atoms with Crippen LogP contribution < -0.4 is 9.47 Å². The first-order chi connectivity index (χ1) is 15.8. The summed E-state index contributed by atoms with van der Waals surface area (Å²) in [5.41, 5.74) is 5.96. The molecular weight excluding hydrogens is 416 g/mol. The molecule has 0 saturated heterocycles. The molecule has 8 heteroatoms. The first-order valence-electron chi connectivity index (χ1n) is 10.9. The summed E-state index contributed by atoms with van der Waals surface area (Å²) in [6.45, 7) is 8.39. The molecule has 4 aromatic rings. The van der Waals surface area contributed by atoms with Gasteiger partial charge in [-0.2, -0.15) is 0 Å². The normalized spacial score (nSPS) is 11.3. The molecule has 1 aromatic carbocycles. The molecule has 0 aliphatic carbocycles. The molecule has 33 heavy (non-hydrogen) atoms. The molecule has 0 spiro atoms. The quantitative estimate of drug-likeness (QED) is 0.418. The van der Waals surface area contributed by atoms with Gasteiger partial charge in [-0.15, -0.1) is 5.10 Å². The van der Waals surface area contributed by atoms with Crippen LogP contribution in [0.25, 0.3) is 17.2 Å². The first kappa shape index (κ1) is 22.5. The molecule has 172 valence electrons. The monoisotopic (exact) mass is 446 g/mol. The lowest BCUT2D eigenvalue weighted by Crippen LogP contribution is -2.04. The second-order valence-corrected chi connectivity index (χ2v) is 8.47. The van der Waals surface area contributed by atoms with Gasteiger partial charge >= 0.3 is 0 Å². The van der Waals surface area contributed by atoms with Crippen LogP contribution in [0.15, 0.2) is 36.8 Å². The lowest BCUT2D eigenvalue weighted by atomic mass is 9.95. The Morgan fingerprint density at radius 3 is 2.45 bits per heavy atom. The molecule has 0 fully saturated rings. The zero-order valence-corrected chi connectivity index (χ0v) is 20.2. The summed E-state index contributed by atoms with van der Waals surface area (Å²) in [4.78, 5) is 13.7. The molecule has 0 bridgehead atoms. The van der Waals surface area contributed by atoms with Crippen molar-refractivity contribution < 1.29 is 9.47 Å². The fourth-order valence-corrected chi connectivity index (χ4v) is 3.87. The fraction of sp³-hybridized carbons (Fsp3) is 0.360. The molecule has 0 aliphatic heterocycles. The summed E-state index contributed by atoms with van der Waals surface area (Å²) in [5, 5.41) is 4.62. The molecule has 0 atom stereocenters. The number of benzene rings is 1. The Morgan fingerprint density at radius 1 is 1.03 bits per heavy atom. The van der Waals surface area contributed by atoms with Crippen molar-refractivity contribution in [3.05, 3.63) is 65.0 Å². The molecule has 0 unspecified atom stereocenters. The van der Waals surface area contributed by atoms with Crippen molar-refractivity contribution >= 4 is 0 Å². The van der Waals surface area contributed by atoms with Crippen LogP contribution in [-0.2, 0) is 13.5 Å². The van der Waals surface area contributed by atoms with Crippen molar-refractivity contribution in [2.45, 2.75) is 40.0 Å². The molecule has 3 heterocycles. The highest BCUT2D eigenvalue weighted by atomic mass is 16.5. The summed E-state index contributed by atoms with van der Waals surface area (Å²) in [6.07, 6.45) is 4.34. The van der Waals surface area contributed by atoms with E-state index in [1.165, 1.54) is 16.7 Å². The van der Waals surface area contributed by atoms with E-state index >= 15 is 0 Å².